The lowest BCUT2D eigenvalue weighted by molar-refractivity contribution is -0.123. The Bertz CT molecular complexity index is 442. The van der Waals surface area contributed by atoms with Gasteiger partial charge in [0.1, 0.15) is 5.71 Å². The van der Waals surface area contributed by atoms with Crippen molar-refractivity contribution in [3.63, 3.8) is 0 Å². The van der Waals surface area contributed by atoms with Gasteiger partial charge in [0.05, 0.1) is 0 Å². The molecule has 18 heavy (non-hydrogen) atoms. The maximum atomic E-state index is 12.5. The Labute approximate surface area is 114 Å². The average molecular weight is 267 g/mol. The molecule has 2 rings (SSSR count). The summed E-state index contributed by atoms with van der Waals surface area (Å²) in [6.45, 7) is 6.42. The second-order valence-corrected chi connectivity index (χ2v) is 6.67. The Hall–Kier alpha value is -0.970. The molecule has 0 aromatic carbocycles. The van der Waals surface area contributed by atoms with E-state index in [4.69, 9.17) is 12.2 Å². The fourth-order valence-corrected chi connectivity index (χ4v) is 3.21. The van der Waals surface area contributed by atoms with Crippen molar-refractivity contribution in [2.24, 2.45) is 21.8 Å². The summed E-state index contributed by atoms with van der Waals surface area (Å²) in [6.07, 6.45) is 2.02. The zero-order valence-electron chi connectivity index (χ0n) is 11.7. The highest BCUT2D eigenvalue weighted by Gasteiger charge is 2.65. The van der Waals surface area contributed by atoms with Crippen molar-refractivity contribution >= 4 is 28.8 Å². The molecule has 0 unspecified atom stereocenters. The van der Waals surface area contributed by atoms with Crippen LogP contribution in [0.3, 0.4) is 0 Å². The lowest BCUT2D eigenvalue weighted by Crippen LogP contribution is -2.35. The molecule has 2 saturated carbocycles. The van der Waals surface area contributed by atoms with E-state index in [2.05, 4.69) is 31.3 Å². The van der Waals surface area contributed by atoms with Crippen molar-refractivity contribution < 1.29 is 4.79 Å². The van der Waals surface area contributed by atoms with Gasteiger partial charge >= 0.3 is 0 Å². The fourth-order valence-electron chi connectivity index (χ4n) is 3.16. The molecule has 2 aliphatic rings. The van der Waals surface area contributed by atoms with Crippen molar-refractivity contribution in [2.45, 2.75) is 33.6 Å². The van der Waals surface area contributed by atoms with Gasteiger partial charge in [-0.3, -0.25) is 10.2 Å². The van der Waals surface area contributed by atoms with Gasteiger partial charge in [-0.1, -0.05) is 20.8 Å². The summed E-state index contributed by atoms with van der Waals surface area (Å²) in [7, 11) is 3.70. The third-order valence-corrected chi connectivity index (χ3v) is 5.42. The smallest absolute Gasteiger partial charge is 0.189 e. The number of hydrogen-bond acceptors (Lipinski definition) is 3. The Morgan fingerprint density at radius 1 is 1.44 bits per heavy atom. The zero-order chi connectivity index (χ0) is 13.7. The first-order chi connectivity index (χ1) is 8.22. The van der Waals surface area contributed by atoms with Crippen LogP contribution in [0.2, 0.25) is 0 Å². The van der Waals surface area contributed by atoms with Gasteiger partial charge in [0.2, 0.25) is 0 Å². The molecule has 0 heterocycles. The topological polar surface area (TPSA) is 44.7 Å². The monoisotopic (exact) mass is 267 g/mol. The van der Waals surface area contributed by atoms with E-state index in [1.165, 1.54) is 0 Å². The summed E-state index contributed by atoms with van der Waals surface area (Å²) in [4.78, 5) is 14.2. The van der Waals surface area contributed by atoms with Gasteiger partial charge in [0.15, 0.2) is 10.9 Å². The second kappa shape index (κ2) is 4.02. The molecule has 0 amide bonds. The molecule has 100 valence electrons. The summed E-state index contributed by atoms with van der Waals surface area (Å²) in [5.41, 5.74) is 3.25. The molecule has 2 fully saturated rings. The minimum atomic E-state index is -0.252. The van der Waals surface area contributed by atoms with Crippen LogP contribution in [0.15, 0.2) is 5.10 Å². The third kappa shape index (κ3) is 1.60. The van der Waals surface area contributed by atoms with Crippen molar-refractivity contribution in [3.8, 4) is 0 Å². The number of nitrogens with zero attached hydrogens (tertiary/aromatic N) is 2. The van der Waals surface area contributed by atoms with Crippen LogP contribution < -0.4 is 5.43 Å². The van der Waals surface area contributed by atoms with Crippen LogP contribution in [0, 0.1) is 16.7 Å². The van der Waals surface area contributed by atoms with Crippen LogP contribution in [0.1, 0.15) is 33.6 Å². The Morgan fingerprint density at radius 3 is 2.50 bits per heavy atom. The van der Waals surface area contributed by atoms with Crippen LogP contribution in [0.4, 0.5) is 0 Å². The number of fused-ring (bicyclic) bond motifs is 2. The van der Waals surface area contributed by atoms with Gasteiger partial charge in [0, 0.05) is 25.4 Å². The Morgan fingerprint density at radius 2 is 2.06 bits per heavy atom. The number of hydrazone groups is 1. The highest BCUT2D eigenvalue weighted by molar-refractivity contribution is 7.80. The van der Waals surface area contributed by atoms with E-state index >= 15 is 0 Å². The van der Waals surface area contributed by atoms with Crippen LogP contribution in [0.25, 0.3) is 0 Å². The molecule has 0 radical (unpaired) electrons. The molecule has 4 nitrogen and oxygen atoms in total. The number of nitrogens with one attached hydrogen (secondary N) is 1. The minimum absolute atomic E-state index is 0.00430. The SMILES string of the molecule is CN(C)C(=S)N/N=C1\C(=O)[C@]2(C)CC[C@H]1C2(C)C. The number of thiocarbonyl (C=S) groups is 1. The van der Waals surface area contributed by atoms with Gasteiger partial charge in [-0.05, 0) is 30.5 Å². The maximum Gasteiger partial charge on any atom is 0.189 e. The summed E-state index contributed by atoms with van der Waals surface area (Å²) in [5.74, 6) is 0.449. The highest BCUT2D eigenvalue weighted by Crippen LogP contribution is 2.62. The molecule has 1 N–H and O–H groups in total. The van der Waals surface area contributed by atoms with Crippen LogP contribution in [-0.4, -0.2) is 35.6 Å². The van der Waals surface area contributed by atoms with E-state index < -0.39 is 0 Å². The van der Waals surface area contributed by atoms with E-state index in [0.717, 1.165) is 12.8 Å². The molecular formula is C13H21N3OS. The first kappa shape index (κ1) is 13.5. The van der Waals surface area contributed by atoms with E-state index in [1.807, 2.05) is 14.1 Å². The molecular weight excluding hydrogens is 246 g/mol. The van der Waals surface area contributed by atoms with Crippen molar-refractivity contribution in [3.05, 3.63) is 0 Å². The van der Waals surface area contributed by atoms with Crippen molar-refractivity contribution in [2.75, 3.05) is 14.1 Å². The molecule has 0 spiro atoms. The Balaban J connectivity index is 2.25. The van der Waals surface area contributed by atoms with Crippen molar-refractivity contribution in [1.82, 2.24) is 10.3 Å². The standard InChI is InChI=1S/C13H21N3OS/c1-12(2)8-6-7-13(12,3)10(17)9(8)14-15-11(18)16(4)5/h8H,6-7H2,1-5H3,(H,15,18)/b14-9-/t8-,13+/m1/s1. The Kier molecular flexibility index (Phi) is 3.00. The largest absolute Gasteiger partial charge is 0.354 e. The normalized spacial score (nSPS) is 35.1. The number of rotatable bonds is 1. The second-order valence-electron chi connectivity index (χ2n) is 6.28. The number of carbonyl (C=O) groups is 1. The van der Waals surface area contributed by atoms with Crippen LogP contribution >= 0.6 is 12.2 Å². The molecule has 2 bridgehead atoms. The first-order valence-corrected chi connectivity index (χ1v) is 6.72. The lowest BCUT2D eigenvalue weighted by Gasteiger charge is -2.31. The lowest BCUT2D eigenvalue weighted by atomic mass is 9.70. The first-order valence-electron chi connectivity index (χ1n) is 6.31. The number of carbonyl (C=O) groups excluding carboxylic acids is 1. The van der Waals surface area contributed by atoms with E-state index in [1.54, 1.807) is 4.90 Å². The number of Topliss-reactive ketones (excluding diaryl/α,β-unsaturated/α-hetero) is 1. The van der Waals surface area contributed by atoms with E-state index in [0.29, 0.717) is 10.8 Å². The molecule has 2 atom stereocenters. The maximum absolute atomic E-state index is 12.5. The summed E-state index contributed by atoms with van der Waals surface area (Å²) < 4.78 is 0. The highest BCUT2D eigenvalue weighted by atomic mass is 32.1. The predicted molar refractivity (Wildman–Crippen MR) is 76.5 cm³/mol. The predicted octanol–water partition coefficient (Wildman–Crippen LogP) is 1.80. The van der Waals surface area contributed by atoms with E-state index in [9.17, 15) is 4.79 Å². The fraction of sp³-hybridized carbons (Fsp3) is 0.769. The van der Waals surface area contributed by atoms with Crippen LogP contribution in [-0.2, 0) is 4.79 Å². The summed E-state index contributed by atoms with van der Waals surface area (Å²) in [5, 5.41) is 4.81. The van der Waals surface area contributed by atoms with Gasteiger partial charge in [-0.15, -0.1) is 0 Å². The molecule has 0 aliphatic heterocycles. The van der Waals surface area contributed by atoms with Gasteiger partial charge in [-0.2, -0.15) is 5.10 Å². The zero-order valence-corrected chi connectivity index (χ0v) is 12.5. The molecule has 0 saturated heterocycles. The van der Waals surface area contributed by atoms with Crippen molar-refractivity contribution in [1.29, 1.82) is 0 Å². The molecule has 5 heteroatoms. The quantitative estimate of drug-likeness (QED) is 0.581. The van der Waals surface area contributed by atoms with Gasteiger partial charge in [-0.25, -0.2) is 0 Å². The van der Waals surface area contributed by atoms with Gasteiger partial charge in [0.25, 0.3) is 0 Å². The summed E-state index contributed by atoms with van der Waals surface area (Å²) >= 11 is 5.12. The average Bonchev–Trinajstić information content (AvgIpc) is 2.58. The molecule has 0 aromatic rings. The third-order valence-electron chi connectivity index (χ3n) is 4.97. The van der Waals surface area contributed by atoms with Gasteiger partial charge < -0.3 is 4.90 Å². The number of ketones is 1. The van der Waals surface area contributed by atoms with E-state index in [-0.39, 0.29) is 22.5 Å². The number of hydrogen-bond donors (Lipinski definition) is 1. The molecule has 0 aromatic heterocycles. The minimum Gasteiger partial charge on any atom is -0.354 e. The molecule has 2 aliphatic carbocycles. The summed E-state index contributed by atoms with van der Waals surface area (Å²) in [6, 6.07) is 0. The van der Waals surface area contributed by atoms with Crippen LogP contribution in [0.5, 0.6) is 0 Å².